The van der Waals surface area contributed by atoms with Crippen LogP contribution in [0.4, 0.5) is 0 Å². The molecule has 1 N–H and O–H groups in total. The van der Waals surface area contributed by atoms with Crippen LogP contribution in [0.15, 0.2) is 30.3 Å². The number of fused-ring (bicyclic) bond motifs is 4. The molecule has 2 aromatic rings. The van der Waals surface area contributed by atoms with Gasteiger partial charge in [0.05, 0.1) is 17.4 Å². The fourth-order valence-corrected chi connectivity index (χ4v) is 3.67. The third-order valence-corrected chi connectivity index (χ3v) is 4.49. The smallest absolute Gasteiger partial charge is 0.0833 e. The molecule has 2 aliphatic rings. The van der Waals surface area contributed by atoms with Crippen molar-refractivity contribution in [2.24, 2.45) is 7.05 Å². The Morgan fingerprint density at radius 2 is 2.05 bits per heavy atom. The highest BCUT2D eigenvalue weighted by molar-refractivity contribution is 5.65. The summed E-state index contributed by atoms with van der Waals surface area (Å²) >= 11 is 0. The lowest BCUT2D eigenvalue weighted by molar-refractivity contribution is 0.297. The highest BCUT2D eigenvalue weighted by atomic mass is 15.3. The molecule has 1 aromatic carbocycles. The minimum Gasteiger partial charge on any atom is -0.305 e. The zero-order valence-corrected chi connectivity index (χ0v) is 11.3. The highest BCUT2D eigenvalue weighted by Gasteiger charge is 2.34. The number of aryl methyl sites for hydroxylation is 1. The fraction of sp³-hybridized carbons (Fsp3) is 0.438. The van der Waals surface area contributed by atoms with Gasteiger partial charge in [0.2, 0.25) is 0 Å². The molecule has 2 atom stereocenters. The molecule has 1 aromatic heterocycles. The number of benzene rings is 1. The molecule has 0 aliphatic carbocycles. The Balaban J connectivity index is 1.88. The van der Waals surface area contributed by atoms with Crippen LogP contribution in [0.25, 0.3) is 11.3 Å². The van der Waals surface area contributed by atoms with Crippen molar-refractivity contribution in [2.45, 2.75) is 37.8 Å². The van der Waals surface area contributed by atoms with Gasteiger partial charge in [0.1, 0.15) is 0 Å². The Hall–Kier alpha value is -1.61. The molecular weight excluding hydrogens is 234 g/mol. The second-order valence-corrected chi connectivity index (χ2v) is 5.75. The molecule has 3 nitrogen and oxygen atoms in total. The van der Waals surface area contributed by atoms with E-state index in [-0.39, 0.29) is 0 Å². The van der Waals surface area contributed by atoms with Crippen LogP contribution < -0.4 is 5.32 Å². The average Bonchev–Trinajstić information content (AvgIpc) is 2.77. The van der Waals surface area contributed by atoms with E-state index in [1.807, 2.05) is 0 Å². The van der Waals surface area contributed by atoms with Crippen molar-refractivity contribution in [2.75, 3.05) is 0 Å². The summed E-state index contributed by atoms with van der Waals surface area (Å²) in [5, 5.41) is 8.53. The summed E-state index contributed by atoms with van der Waals surface area (Å²) in [5.41, 5.74) is 5.37. The van der Waals surface area contributed by atoms with Crippen LogP contribution in [0.1, 0.15) is 36.6 Å². The van der Waals surface area contributed by atoms with Crippen LogP contribution in [0.5, 0.6) is 0 Å². The molecular formula is C16H19N3. The standard InChI is InChI=1S/C16H19N3/c1-19-16(11-6-3-2-4-7-11)13-10-12-8-5-9-14(17-12)15(13)18-19/h2-4,6-7,12,14,17H,5,8-10H2,1H3/t12-,14+/m1/s1. The summed E-state index contributed by atoms with van der Waals surface area (Å²) in [6, 6.07) is 11.8. The maximum absolute atomic E-state index is 4.80. The van der Waals surface area contributed by atoms with E-state index in [0.29, 0.717) is 12.1 Å². The SMILES string of the molecule is Cn1nc2c(c1-c1ccccc1)C[C@H]1CCC[C@@H]2N1. The van der Waals surface area contributed by atoms with E-state index in [0.717, 1.165) is 6.42 Å². The largest absolute Gasteiger partial charge is 0.305 e. The molecule has 98 valence electrons. The van der Waals surface area contributed by atoms with Gasteiger partial charge >= 0.3 is 0 Å². The molecule has 19 heavy (non-hydrogen) atoms. The van der Waals surface area contributed by atoms with Crippen molar-refractivity contribution in [1.29, 1.82) is 0 Å². The molecule has 0 saturated carbocycles. The van der Waals surface area contributed by atoms with E-state index in [9.17, 15) is 0 Å². The van der Waals surface area contributed by atoms with E-state index in [2.05, 4.69) is 47.4 Å². The van der Waals surface area contributed by atoms with Crippen LogP contribution in [0.3, 0.4) is 0 Å². The van der Waals surface area contributed by atoms with Gasteiger partial charge in [0, 0.05) is 24.2 Å². The Morgan fingerprint density at radius 1 is 1.21 bits per heavy atom. The van der Waals surface area contributed by atoms with Gasteiger partial charge in [-0.15, -0.1) is 0 Å². The first kappa shape index (κ1) is 11.2. The van der Waals surface area contributed by atoms with Crippen molar-refractivity contribution in [3.63, 3.8) is 0 Å². The first-order valence-electron chi connectivity index (χ1n) is 7.20. The van der Waals surface area contributed by atoms with Crippen LogP contribution >= 0.6 is 0 Å². The maximum atomic E-state index is 4.80. The van der Waals surface area contributed by atoms with Crippen LogP contribution in [0.2, 0.25) is 0 Å². The zero-order chi connectivity index (χ0) is 12.8. The Kier molecular flexibility index (Phi) is 2.49. The lowest BCUT2D eigenvalue weighted by atomic mass is 9.84. The molecule has 4 rings (SSSR count). The third-order valence-electron chi connectivity index (χ3n) is 4.49. The molecule has 1 fully saturated rings. The van der Waals surface area contributed by atoms with Gasteiger partial charge in [-0.3, -0.25) is 4.68 Å². The summed E-state index contributed by atoms with van der Waals surface area (Å²) in [4.78, 5) is 0. The summed E-state index contributed by atoms with van der Waals surface area (Å²) < 4.78 is 2.07. The zero-order valence-electron chi connectivity index (χ0n) is 11.3. The molecule has 2 bridgehead atoms. The van der Waals surface area contributed by atoms with Crippen molar-refractivity contribution < 1.29 is 0 Å². The quantitative estimate of drug-likeness (QED) is 0.847. The van der Waals surface area contributed by atoms with Crippen LogP contribution in [-0.2, 0) is 13.5 Å². The van der Waals surface area contributed by atoms with E-state index in [1.54, 1.807) is 0 Å². The van der Waals surface area contributed by atoms with Gasteiger partial charge in [0.25, 0.3) is 0 Å². The fourth-order valence-electron chi connectivity index (χ4n) is 3.67. The minimum atomic E-state index is 0.478. The van der Waals surface area contributed by atoms with E-state index >= 15 is 0 Å². The molecule has 0 spiro atoms. The van der Waals surface area contributed by atoms with Gasteiger partial charge in [0.15, 0.2) is 0 Å². The molecule has 3 heterocycles. The predicted molar refractivity (Wildman–Crippen MR) is 75.9 cm³/mol. The summed E-state index contributed by atoms with van der Waals surface area (Å²) in [6.45, 7) is 0. The minimum absolute atomic E-state index is 0.478. The monoisotopic (exact) mass is 253 g/mol. The Bertz CT molecular complexity index is 600. The first-order valence-corrected chi connectivity index (χ1v) is 7.20. The van der Waals surface area contributed by atoms with Gasteiger partial charge in [-0.2, -0.15) is 5.10 Å². The first-order chi connectivity index (χ1) is 9.33. The topological polar surface area (TPSA) is 29.9 Å². The molecule has 0 unspecified atom stereocenters. The third kappa shape index (κ3) is 1.72. The van der Waals surface area contributed by atoms with Crippen molar-refractivity contribution in [3.8, 4) is 11.3 Å². The number of hydrogen-bond donors (Lipinski definition) is 1. The molecule has 3 heteroatoms. The van der Waals surface area contributed by atoms with Crippen molar-refractivity contribution >= 4 is 0 Å². The second kappa shape index (κ2) is 4.20. The van der Waals surface area contributed by atoms with Crippen LogP contribution in [0, 0.1) is 0 Å². The van der Waals surface area contributed by atoms with Gasteiger partial charge in [-0.1, -0.05) is 30.3 Å². The second-order valence-electron chi connectivity index (χ2n) is 5.75. The number of rotatable bonds is 1. The van der Waals surface area contributed by atoms with Gasteiger partial charge in [-0.05, 0) is 25.7 Å². The maximum Gasteiger partial charge on any atom is 0.0833 e. The summed E-state index contributed by atoms with van der Waals surface area (Å²) in [6.07, 6.45) is 5.00. The molecule has 0 radical (unpaired) electrons. The van der Waals surface area contributed by atoms with Crippen molar-refractivity contribution in [3.05, 3.63) is 41.6 Å². The van der Waals surface area contributed by atoms with Gasteiger partial charge in [-0.25, -0.2) is 0 Å². The number of nitrogens with zero attached hydrogens (tertiary/aromatic N) is 2. The lowest BCUT2D eigenvalue weighted by Gasteiger charge is -2.35. The molecule has 1 saturated heterocycles. The summed E-state index contributed by atoms with van der Waals surface area (Å²) in [7, 11) is 2.07. The average molecular weight is 253 g/mol. The molecule has 0 amide bonds. The van der Waals surface area contributed by atoms with Gasteiger partial charge < -0.3 is 5.32 Å². The van der Waals surface area contributed by atoms with E-state index in [4.69, 9.17) is 5.10 Å². The van der Waals surface area contributed by atoms with E-state index < -0.39 is 0 Å². The predicted octanol–water partition coefficient (Wildman–Crippen LogP) is 2.83. The number of nitrogens with one attached hydrogen (secondary N) is 1. The Morgan fingerprint density at radius 3 is 2.89 bits per heavy atom. The van der Waals surface area contributed by atoms with Crippen LogP contribution in [-0.4, -0.2) is 15.8 Å². The molecule has 2 aliphatic heterocycles. The normalized spacial score (nSPS) is 25.1. The Labute approximate surface area is 113 Å². The highest BCUT2D eigenvalue weighted by Crippen LogP contribution is 2.38. The van der Waals surface area contributed by atoms with E-state index in [1.165, 1.54) is 41.8 Å². The summed E-state index contributed by atoms with van der Waals surface area (Å²) in [5.74, 6) is 0. The number of hydrogen-bond acceptors (Lipinski definition) is 2. The van der Waals surface area contributed by atoms with Crippen molar-refractivity contribution in [1.82, 2.24) is 15.1 Å². The lowest BCUT2D eigenvalue weighted by Crippen LogP contribution is -2.42. The number of piperidine rings is 1. The number of aromatic nitrogens is 2.